The number of ketones is 1. The van der Waals surface area contributed by atoms with Crippen molar-refractivity contribution < 1.29 is 24.5 Å². The predicted molar refractivity (Wildman–Crippen MR) is 137 cm³/mol. The molecule has 7 nitrogen and oxygen atoms in total. The van der Waals surface area contributed by atoms with E-state index >= 15 is 0 Å². The first-order valence-corrected chi connectivity index (χ1v) is 13.7. The third-order valence-electron chi connectivity index (χ3n) is 10.0. The Kier molecular flexibility index (Phi) is 5.05. The van der Waals surface area contributed by atoms with Crippen LogP contribution in [0.4, 0.5) is 0 Å². The van der Waals surface area contributed by atoms with Crippen molar-refractivity contribution >= 4 is 11.7 Å². The summed E-state index contributed by atoms with van der Waals surface area (Å²) in [5, 5.41) is 23.4. The SMILES string of the molecule is CN(C(=O)CC(=O)c1ccccc1)[C@@H]1CC[C@@]2(O)[C@H]3Cc4ccc(O)c5c4[C@@]2(CCN3CC2CC2)[C@H]1O5. The summed E-state index contributed by atoms with van der Waals surface area (Å²) in [5.41, 5.74) is 0.947. The zero-order valence-electron chi connectivity index (χ0n) is 21.2. The summed E-state index contributed by atoms with van der Waals surface area (Å²) >= 11 is 0. The fourth-order valence-corrected chi connectivity index (χ4v) is 8.03. The minimum absolute atomic E-state index is 0.00226. The van der Waals surface area contributed by atoms with Gasteiger partial charge in [0.05, 0.1) is 23.5 Å². The molecule has 7 heteroatoms. The number of piperidine rings is 1. The molecular weight excluding hydrogens is 468 g/mol. The summed E-state index contributed by atoms with van der Waals surface area (Å²) in [7, 11) is 1.75. The topological polar surface area (TPSA) is 90.3 Å². The van der Waals surface area contributed by atoms with Gasteiger partial charge in [0.15, 0.2) is 17.3 Å². The minimum Gasteiger partial charge on any atom is -0.504 e. The Morgan fingerprint density at radius 1 is 1.11 bits per heavy atom. The van der Waals surface area contributed by atoms with Crippen LogP contribution >= 0.6 is 0 Å². The van der Waals surface area contributed by atoms with Gasteiger partial charge in [0.2, 0.25) is 5.91 Å². The molecule has 1 spiro atoms. The number of phenolic OH excluding ortho intramolecular Hbond substituents is 1. The average Bonchev–Trinajstić information content (AvgIpc) is 3.64. The van der Waals surface area contributed by atoms with Crippen molar-refractivity contribution in [2.24, 2.45) is 5.92 Å². The first kappa shape index (κ1) is 23.2. The molecule has 3 fully saturated rings. The first-order valence-electron chi connectivity index (χ1n) is 13.7. The molecule has 37 heavy (non-hydrogen) atoms. The van der Waals surface area contributed by atoms with Crippen LogP contribution in [0, 0.1) is 5.92 Å². The monoisotopic (exact) mass is 502 g/mol. The minimum atomic E-state index is -0.989. The van der Waals surface area contributed by atoms with Gasteiger partial charge in [0.25, 0.3) is 0 Å². The highest BCUT2D eigenvalue weighted by molar-refractivity contribution is 6.07. The molecule has 2 saturated carbocycles. The van der Waals surface area contributed by atoms with E-state index < -0.39 is 17.1 Å². The maximum atomic E-state index is 13.4. The lowest BCUT2D eigenvalue weighted by atomic mass is 9.48. The highest BCUT2D eigenvalue weighted by Gasteiger charge is 2.73. The summed E-state index contributed by atoms with van der Waals surface area (Å²) in [6.07, 6.45) is 4.47. The van der Waals surface area contributed by atoms with E-state index in [0.29, 0.717) is 24.2 Å². The van der Waals surface area contributed by atoms with Crippen LogP contribution in [0.25, 0.3) is 0 Å². The summed E-state index contributed by atoms with van der Waals surface area (Å²) < 4.78 is 6.57. The van der Waals surface area contributed by atoms with E-state index in [9.17, 15) is 19.8 Å². The van der Waals surface area contributed by atoms with Crippen molar-refractivity contribution in [3.8, 4) is 11.5 Å². The van der Waals surface area contributed by atoms with Crippen molar-refractivity contribution in [1.29, 1.82) is 0 Å². The van der Waals surface area contributed by atoms with Gasteiger partial charge in [0.1, 0.15) is 6.10 Å². The fraction of sp³-hybridized carbons (Fsp3) is 0.533. The van der Waals surface area contributed by atoms with E-state index in [2.05, 4.69) is 4.90 Å². The highest BCUT2D eigenvalue weighted by Crippen LogP contribution is 2.66. The molecule has 3 aliphatic carbocycles. The van der Waals surface area contributed by atoms with Crippen LogP contribution in [0.3, 0.4) is 0 Å². The number of likely N-dealkylation sites (N-methyl/N-ethyl adjacent to an activating group) is 1. The Labute approximate surface area is 217 Å². The third kappa shape index (κ3) is 3.20. The van der Waals surface area contributed by atoms with Gasteiger partial charge in [-0.1, -0.05) is 36.4 Å². The Hall–Kier alpha value is -2.90. The summed E-state index contributed by atoms with van der Waals surface area (Å²) in [5.74, 6) is 0.846. The zero-order chi connectivity index (χ0) is 25.5. The van der Waals surface area contributed by atoms with E-state index in [1.807, 2.05) is 12.1 Å². The second-order valence-electron chi connectivity index (χ2n) is 11.9. The largest absolute Gasteiger partial charge is 0.504 e. The van der Waals surface area contributed by atoms with Crippen molar-refractivity contribution in [3.05, 3.63) is 59.2 Å². The molecular formula is C30H34N2O5. The second kappa shape index (κ2) is 8.05. The molecule has 0 aromatic heterocycles. The number of amides is 1. The highest BCUT2D eigenvalue weighted by atomic mass is 16.5. The van der Waals surface area contributed by atoms with E-state index in [-0.39, 0.29) is 35.9 Å². The number of carbonyl (C=O) groups is 2. The van der Waals surface area contributed by atoms with Crippen molar-refractivity contribution in [1.82, 2.24) is 9.80 Å². The Balaban J connectivity index is 1.24. The lowest BCUT2D eigenvalue weighted by Gasteiger charge is -2.64. The van der Waals surface area contributed by atoms with Gasteiger partial charge >= 0.3 is 0 Å². The number of ether oxygens (including phenoxy) is 1. The van der Waals surface area contributed by atoms with Gasteiger partial charge in [-0.25, -0.2) is 0 Å². The van der Waals surface area contributed by atoms with Crippen LogP contribution in [0.1, 0.15) is 60.0 Å². The summed E-state index contributed by atoms with van der Waals surface area (Å²) in [6, 6.07) is 12.3. The molecule has 2 bridgehead atoms. The number of likely N-dealkylation sites (tertiary alicyclic amines) is 1. The number of benzene rings is 2. The smallest absolute Gasteiger partial charge is 0.230 e. The number of nitrogens with zero attached hydrogens (tertiary/aromatic N) is 2. The van der Waals surface area contributed by atoms with E-state index in [4.69, 9.17) is 4.74 Å². The number of carbonyl (C=O) groups excluding carboxylic acids is 2. The quantitative estimate of drug-likeness (QED) is 0.466. The number of hydrogen-bond donors (Lipinski definition) is 2. The maximum Gasteiger partial charge on any atom is 0.230 e. The van der Waals surface area contributed by atoms with Gasteiger partial charge in [-0.15, -0.1) is 0 Å². The number of aliphatic hydroxyl groups is 1. The second-order valence-corrected chi connectivity index (χ2v) is 11.9. The maximum absolute atomic E-state index is 13.4. The Bertz CT molecular complexity index is 1280. The van der Waals surface area contributed by atoms with Crippen LogP contribution in [-0.2, 0) is 16.6 Å². The summed E-state index contributed by atoms with van der Waals surface area (Å²) in [4.78, 5) is 30.3. The van der Waals surface area contributed by atoms with E-state index in [1.165, 1.54) is 12.8 Å². The fourth-order valence-electron chi connectivity index (χ4n) is 8.03. The molecule has 2 aliphatic heterocycles. The molecule has 2 aromatic rings. The van der Waals surface area contributed by atoms with Gasteiger partial charge in [-0.2, -0.15) is 0 Å². The molecule has 2 heterocycles. The number of Topliss-reactive ketones (excluding diaryl/α,β-unsaturated/α-hetero) is 1. The lowest BCUT2D eigenvalue weighted by Crippen LogP contribution is -2.78. The Morgan fingerprint density at radius 3 is 2.65 bits per heavy atom. The Morgan fingerprint density at radius 2 is 1.89 bits per heavy atom. The molecule has 5 atom stereocenters. The van der Waals surface area contributed by atoms with Gasteiger partial charge in [-0.3, -0.25) is 14.5 Å². The molecule has 2 N–H and O–H groups in total. The molecule has 1 saturated heterocycles. The number of rotatable bonds is 6. The average molecular weight is 503 g/mol. The molecule has 5 aliphatic rings. The predicted octanol–water partition coefficient (Wildman–Crippen LogP) is 3.06. The standard InChI is InChI=1S/C30H34N2O5/c1-31(25(35)16-23(34)19-5-3-2-4-6-19)21-11-12-30(36)24-15-20-9-10-22(33)27-26(20)29(30,28(21)37-27)13-14-32(24)17-18-7-8-18/h2-6,9-10,18,21,24,28,33,36H,7-8,11-17H2,1H3/t21-,24-,28+,29+,30-/m1/s1. The van der Waals surface area contributed by atoms with Gasteiger partial charge < -0.3 is 19.8 Å². The van der Waals surface area contributed by atoms with Crippen LogP contribution in [0.2, 0.25) is 0 Å². The van der Waals surface area contributed by atoms with Crippen LogP contribution < -0.4 is 4.74 Å². The van der Waals surface area contributed by atoms with Crippen molar-refractivity contribution in [3.63, 3.8) is 0 Å². The summed E-state index contributed by atoms with van der Waals surface area (Å²) in [6.45, 7) is 1.90. The van der Waals surface area contributed by atoms with Crippen molar-refractivity contribution in [2.45, 2.75) is 74.1 Å². The van der Waals surface area contributed by atoms with E-state index in [1.54, 1.807) is 42.3 Å². The lowest BCUT2D eigenvalue weighted by molar-refractivity contribution is -0.200. The van der Waals surface area contributed by atoms with Crippen LogP contribution in [0.5, 0.6) is 11.5 Å². The molecule has 2 aromatic carbocycles. The normalized spacial score (nSPS) is 33.4. The first-order chi connectivity index (χ1) is 17.8. The molecule has 194 valence electrons. The van der Waals surface area contributed by atoms with E-state index in [0.717, 1.165) is 43.0 Å². The third-order valence-corrected chi connectivity index (χ3v) is 10.0. The number of aromatic hydroxyl groups is 1. The van der Waals surface area contributed by atoms with Crippen LogP contribution in [-0.4, -0.2) is 75.6 Å². The number of hydrogen-bond acceptors (Lipinski definition) is 6. The molecule has 0 unspecified atom stereocenters. The van der Waals surface area contributed by atoms with Crippen molar-refractivity contribution in [2.75, 3.05) is 20.1 Å². The van der Waals surface area contributed by atoms with Crippen LogP contribution in [0.15, 0.2) is 42.5 Å². The number of phenols is 1. The molecule has 1 amide bonds. The molecule has 0 radical (unpaired) electrons. The van der Waals surface area contributed by atoms with Gasteiger partial charge in [-0.05, 0) is 62.6 Å². The van der Waals surface area contributed by atoms with Gasteiger partial charge in [0, 0.05) is 30.8 Å². The molecule has 7 rings (SSSR count). The zero-order valence-corrected chi connectivity index (χ0v) is 21.2.